The Bertz CT molecular complexity index is 1790. The summed E-state index contributed by atoms with van der Waals surface area (Å²) in [6.07, 6.45) is 1.35. The number of hydrogen-bond donors (Lipinski definition) is 2. The number of hydrogen-bond acceptors (Lipinski definition) is 5. The van der Waals surface area contributed by atoms with Crippen LogP contribution in [0, 0.1) is 16.3 Å². The summed E-state index contributed by atoms with van der Waals surface area (Å²) in [5, 5.41) is 5.73. The van der Waals surface area contributed by atoms with Gasteiger partial charge in [0.15, 0.2) is 9.39 Å². The third-order valence-electron chi connectivity index (χ3n) is 6.37. The minimum absolute atomic E-state index is 0.0837. The Hall–Kier alpha value is -3.74. The minimum atomic E-state index is -0.579. The van der Waals surface area contributed by atoms with E-state index < -0.39 is 22.6 Å². The van der Waals surface area contributed by atoms with Crippen LogP contribution in [0.4, 0.5) is 21.6 Å². The topological polar surface area (TPSA) is 107 Å². The Morgan fingerprint density at radius 2 is 1.81 bits per heavy atom. The van der Waals surface area contributed by atoms with Gasteiger partial charge < -0.3 is 10.6 Å². The molecule has 11 heteroatoms. The van der Waals surface area contributed by atoms with Crippen molar-refractivity contribution in [1.82, 2.24) is 13.7 Å². The molecular formula is C26H24FIN5O4+. The predicted octanol–water partition coefficient (Wildman–Crippen LogP) is -0.209. The lowest BCUT2D eigenvalue weighted by Gasteiger charge is -2.20. The maximum absolute atomic E-state index is 14.8. The highest BCUT2D eigenvalue weighted by Crippen LogP contribution is 2.34. The van der Waals surface area contributed by atoms with E-state index in [2.05, 4.69) is 10.6 Å². The first-order valence-corrected chi connectivity index (χ1v) is 12.8. The zero-order valence-electron chi connectivity index (χ0n) is 20.3. The van der Waals surface area contributed by atoms with Crippen LogP contribution in [-0.4, -0.2) is 19.6 Å². The quantitative estimate of drug-likeness (QED) is 0.302. The molecule has 0 unspecified atom stereocenters. The number of rotatable bonds is 5. The number of nitrogens with zero attached hydrogens (tertiary/aromatic N) is 3. The van der Waals surface area contributed by atoms with E-state index in [0.717, 1.165) is 3.57 Å². The molecule has 37 heavy (non-hydrogen) atoms. The number of carbonyl (C=O) groups excluding carboxylic acids is 1. The van der Waals surface area contributed by atoms with Crippen LogP contribution in [-0.2, 0) is 11.8 Å². The molecule has 4 aromatic rings. The van der Waals surface area contributed by atoms with E-state index in [4.69, 9.17) is 0 Å². The average molecular weight is 616 g/mol. The van der Waals surface area contributed by atoms with Gasteiger partial charge in [0.2, 0.25) is 5.91 Å². The maximum atomic E-state index is 14.8. The molecule has 0 saturated heterocycles. The summed E-state index contributed by atoms with van der Waals surface area (Å²) in [5.41, 5.74) is -0.334. The molecule has 9 nitrogen and oxygen atoms in total. The van der Waals surface area contributed by atoms with Crippen LogP contribution in [0.2, 0.25) is 0 Å². The van der Waals surface area contributed by atoms with Crippen LogP contribution in [0.3, 0.4) is 0 Å². The van der Waals surface area contributed by atoms with Gasteiger partial charge in [-0.15, -0.1) is 0 Å². The van der Waals surface area contributed by atoms with Crippen LogP contribution < -0.4 is 50.0 Å². The highest BCUT2D eigenvalue weighted by Gasteiger charge is 2.31. The van der Waals surface area contributed by atoms with Gasteiger partial charge >= 0.3 is 5.69 Å². The Morgan fingerprint density at radius 1 is 1.08 bits per heavy atom. The van der Waals surface area contributed by atoms with E-state index in [1.54, 1.807) is 59.8 Å². The van der Waals surface area contributed by atoms with Crippen molar-refractivity contribution in [3.05, 3.63) is 88.6 Å². The predicted molar refractivity (Wildman–Crippen MR) is 136 cm³/mol. The number of benzene rings is 2. The van der Waals surface area contributed by atoms with Crippen molar-refractivity contribution < 1.29 is 31.8 Å². The smallest absolute Gasteiger partial charge is 0.336 e. The molecule has 0 bridgehead atoms. The third kappa shape index (κ3) is 4.37. The number of fused-ring (bicyclic) bond motifs is 1. The Morgan fingerprint density at radius 3 is 2.46 bits per heavy atom. The third-order valence-corrected chi connectivity index (χ3v) is 7.10. The Labute approximate surface area is 223 Å². The Balaban J connectivity index is 1.90. The minimum Gasteiger partial charge on any atom is -0.338 e. The molecule has 1 fully saturated rings. The monoisotopic (exact) mass is 616 g/mol. The van der Waals surface area contributed by atoms with Crippen LogP contribution in [0.1, 0.15) is 31.4 Å². The number of halogens is 2. The molecule has 1 amide bonds. The van der Waals surface area contributed by atoms with Crippen molar-refractivity contribution in [3.63, 3.8) is 0 Å². The second-order valence-corrected chi connectivity index (χ2v) is 10.4. The van der Waals surface area contributed by atoms with Gasteiger partial charge in [0, 0.05) is 37.3 Å². The summed E-state index contributed by atoms with van der Waals surface area (Å²) in [6.45, 7) is 2.92. The standard InChI is InChI=1S/C26H23FIN5O4/c1-13-22-21(23(31(3)24(13)35)30-20-10-7-15(28)11-19(20)27)25(36)33(17-8-9-17)26(37)32(22)18-6-4-5-16(12-18)29-14(2)34/h4-7,10-12,17,28H,8-9H2,1-3H3,(H-,29,30,34,35,36)/p+1. The second kappa shape index (κ2) is 9.29. The fourth-order valence-corrected chi connectivity index (χ4v) is 5.00. The number of anilines is 3. The number of aromatic nitrogens is 3. The summed E-state index contributed by atoms with van der Waals surface area (Å²) in [7, 11) is 1.50. The molecule has 5 rings (SSSR count). The molecule has 1 aliphatic rings. The molecule has 2 aromatic heterocycles. The summed E-state index contributed by atoms with van der Waals surface area (Å²) in [5.74, 6) is -0.739. The number of pyridine rings is 1. The molecule has 0 atom stereocenters. The van der Waals surface area contributed by atoms with E-state index in [9.17, 15) is 23.6 Å². The maximum Gasteiger partial charge on any atom is 0.336 e. The second-order valence-electron chi connectivity index (χ2n) is 9.08. The molecule has 0 aliphatic heterocycles. The van der Waals surface area contributed by atoms with Crippen molar-refractivity contribution in [2.45, 2.75) is 32.7 Å². The lowest BCUT2D eigenvalue weighted by molar-refractivity contribution is -0.328. The van der Waals surface area contributed by atoms with E-state index in [0.29, 0.717) is 24.2 Å². The van der Waals surface area contributed by atoms with Crippen molar-refractivity contribution in [1.29, 1.82) is 0 Å². The van der Waals surface area contributed by atoms with Gasteiger partial charge in [-0.1, -0.05) is 6.07 Å². The summed E-state index contributed by atoms with van der Waals surface area (Å²) in [6, 6.07) is 11.0. The summed E-state index contributed by atoms with van der Waals surface area (Å²) >= 11 is 1.68. The number of carbonyl (C=O) groups is 1. The zero-order chi connectivity index (χ0) is 26.6. The van der Waals surface area contributed by atoms with E-state index in [1.165, 1.54) is 39.8 Å². The molecule has 2 heterocycles. The largest absolute Gasteiger partial charge is 0.338 e. The number of amides is 1. The highest BCUT2D eigenvalue weighted by molar-refractivity contribution is 5.94. The van der Waals surface area contributed by atoms with E-state index in [1.807, 2.05) is 0 Å². The van der Waals surface area contributed by atoms with Gasteiger partial charge in [-0.2, -0.15) is 0 Å². The lowest BCUT2D eigenvalue weighted by atomic mass is 10.1. The zero-order valence-corrected chi connectivity index (χ0v) is 22.6. The van der Waals surface area contributed by atoms with Crippen LogP contribution in [0.25, 0.3) is 16.6 Å². The van der Waals surface area contributed by atoms with Gasteiger partial charge in [-0.3, -0.25) is 28.1 Å². The summed E-state index contributed by atoms with van der Waals surface area (Å²) < 4.78 is 19.3. The first-order chi connectivity index (χ1) is 17.6. The molecule has 2 N–H and O–H groups in total. The van der Waals surface area contributed by atoms with Gasteiger partial charge in [0.05, 0.1) is 16.9 Å². The van der Waals surface area contributed by atoms with Crippen LogP contribution in [0.5, 0.6) is 0 Å². The molecule has 1 aliphatic carbocycles. The van der Waals surface area contributed by atoms with Crippen molar-refractivity contribution >= 4 is 34.0 Å². The van der Waals surface area contributed by atoms with Crippen molar-refractivity contribution in [2.75, 3.05) is 10.6 Å². The van der Waals surface area contributed by atoms with Crippen LogP contribution >= 0.6 is 0 Å². The number of nitrogens with one attached hydrogen (secondary N) is 2. The Kier molecular flexibility index (Phi) is 6.26. The van der Waals surface area contributed by atoms with E-state index in [-0.39, 0.29) is 39.9 Å². The highest BCUT2D eigenvalue weighted by atomic mass is 127. The van der Waals surface area contributed by atoms with Gasteiger partial charge in [0.25, 0.3) is 33.7 Å². The molecule has 2 aromatic carbocycles. The SMILES string of the molecule is CC(=O)Nc1cccc(-n2c(=O)n(C3CC3)c(=O)c3c(Nc4ccc([IH+])cc4F)n(C)c(=O)c(C)c32)c1. The van der Waals surface area contributed by atoms with Crippen molar-refractivity contribution in [3.8, 4) is 5.69 Å². The number of aryl methyl sites for hydroxylation is 1. The molecule has 1 saturated carbocycles. The fraction of sp³-hybridized carbons (Fsp3) is 0.231. The molecule has 0 radical (unpaired) electrons. The molecular weight excluding hydrogens is 592 g/mol. The summed E-state index contributed by atoms with van der Waals surface area (Å²) in [4.78, 5) is 52.6. The van der Waals surface area contributed by atoms with Crippen LogP contribution in [0.15, 0.2) is 56.8 Å². The van der Waals surface area contributed by atoms with E-state index >= 15 is 0 Å². The average Bonchev–Trinajstić information content (AvgIpc) is 3.67. The molecule has 0 spiro atoms. The fourth-order valence-electron chi connectivity index (χ4n) is 4.51. The first kappa shape index (κ1) is 24.9. The lowest BCUT2D eigenvalue weighted by Crippen LogP contribution is -3.34. The van der Waals surface area contributed by atoms with Gasteiger partial charge in [-0.05, 0) is 50.1 Å². The first-order valence-electron chi connectivity index (χ1n) is 11.6. The molecule has 190 valence electrons. The normalized spacial score (nSPS) is 13.1. The van der Waals surface area contributed by atoms with Crippen molar-refractivity contribution in [2.24, 2.45) is 7.05 Å². The van der Waals surface area contributed by atoms with Gasteiger partial charge in [0.1, 0.15) is 11.2 Å². The van der Waals surface area contributed by atoms with Gasteiger partial charge in [-0.25, -0.2) is 9.18 Å².